The summed E-state index contributed by atoms with van der Waals surface area (Å²) in [6, 6.07) is 0.538. The summed E-state index contributed by atoms with van der Waals surface area (Å²) >= 11 is 0. The van der Waals surface area contributed by atoms with E-state index in [9.17, 15) is 4.39 Å². The van der Waals surface area contributed by atoms with Crippen LogP contribution in [0.2, 0.25) is 0 Å². The molecule has 0 unspecified atom stereocenters. The Balaban J connectivity index is 2.22. The normalized spacial score (nSPS) is 38.2. The van der Waals surface area contributed by atoms with Crippen LogP contribution in [0.25, 0.3) is 0 Å². The summed E-state index contributed by atoms with van der Waals surface area (Å²) in [5.41, 5.74) is 0. The fourth-order valence-electron chi connectivity index (χ4n) is 1.15. The molecule has 0 aromatic heterocycles. The summed E-state index contributed by atoms with van der Waals surface area (Å²) in [6.07, 6.45) is 1.01. The minimum absolute atomic E-state index is 0.155. The molecule has 1 heterocycles. The number of rotatable bonds is 1. The lowest BCUT2D eigenvalue weighted by Crippen LogP contribution is -2.16. The molecule has 0 saturated carbocycles. The molecule has 1 aliphatic heterocycles. The molecule has 0 radical (unpaired) electrons. The van der Waals surface area contributed by atoms with E-state index in [1.807, 2.05) is 0 Å². The van der Waals surface area contributed by atoms with Crippen LogP contribution in [0.1, 0.15) is 13.3 Å². The third-order valence-corrected chi connectivity index (χ3v) is 1.66. The van der Waals surface area contributed by atoms with Crippen molar-refractivity contribution in [2.45, 2.75) is 19.4 Å². The Morgan fingerprint density at radius 3 is 2.75 bits per heavy atom. The second kappa shape index (κ2) is 2.44. The highest BCUT2D eigenvalue weighted by Gasteiger charge is 2.19. The SMILES string of the molecule is C[C@@H]1C[C@@H](CF)CN1. The van der Waals surface area contributed by atoms with Crippen molar-refractivity contribution >= 4 is 0 Å². The molecule has 1 fully saturated rings. The second-order valence-electron chi connectivity index (χ2n) is 2.57. The highest BCUT2D eigenvalue weighted by Crippen LogP contribution is 2.12. The van der Waals surface area contributed by atoms with E-state index in [4.69, 9.17) is 0 Å². The van der Waals surface area contributed by atoms with Crippen molar-refractivity contribution in [3.05, 3.63) is 0 Å². The Morgan fingerprint density at radius 2 is 2.50 bits per heavy atom. The molecule has 1 aliphatic rings. The van der Waals surface area contributed by atoms with Gasteiger partial charge in [0.1, 0.15) is 0 Å². The van der Waals surface area contributed by atoms with Crippen molar-refractivity contribution in [3.63, 3.8) is 0 Å². The first-order valence-electron chi connectivity index (χ1n) is 3.12. The van der Waals surface area contributed by atoms with Gasteiger partial charge in [0.25, 0.3) is 0 Å². The summed E-state index contributed by atoms with van der Waals surface area (Å²) in [7, 11) is 0. The average Bonchev–Trinajstić information content (AvgIpc) is 2.14. The lowest BCUT2D eigenvalue weighted by atomic mass is 10.1. The molecule has 8 heavy (non-hydrogen) atoms. The minimum atomic E-state index is -0.155. The molecular formula is C6H12FN. The summed E-state index contributed by atoms with van der Waals surface area (Å²) in [5.74, 6) is 0.296. The standard InChI is InChI=1S/C6H12FN/c1-5-2-6(3-7)4-8-5/h5-6,8H,2-4H2,1H3/t5-,6+/m1/s1. The Bertz CT molecular complexity index is 74.9. The summed E-state index contributed by atoms with van der Waals surface area (Å²) in [5, 5.41) is 3.18. The maximum atomic E-state index is 11.8. The summed E-state index contributed by atoms with van der Waals surface area (Å²) in [6.45, 7) is 2.81. The predicted octanol–water partition coefficient (Wildman–Crippen LogP) is 0.954. The van der Waals surface area contributed by atoms with Crippen LogP contribution >= 0.6 is 0 Å². The molecule has 1 nitrogen and oxygen atoms in total. The summed E-state index contributed by atoms with van der Waals surface area (Å²) in [4.78, 5) is 0. The van der Waals surface area contributed by atoms with Gasteiger partial charge in [0, 0.05) is 18.5 Å². The van der Waals surface area contributed by atoms with Crippen LogP contribution < -0.4 is 5.32 Å². The van der Waals surface area contributed by atoms with E-state index in [1.54, 1.807) is 0 Å². The molecule has 0 spiro atoms. The Labute approximate surface area is 49.3 Å². The van der Waals surface area contributed by atoms with E-state index in [2.05, 4.69) is 12.2 Å². The van der Waals surface area contributed by atoms with Gasteiger partial charge < -0.3 is 5.32 Å². The van der Waals surface area contributed by atoms with E-state index in [0.717, 1.165) is 13.0 Å². The number of hydrogen-bond acceptors (Lipinski definition) is 1. The van der Waals surface area contributed by atoms with Gasteiger partial charge in [0.2, 0.25) is 0 Å². The van der Waals surface area contributed by atoms with E-state index < -0.39 is 0 Å². The third-order valence-electron chi connectivity index (χ3n) is 1.66. The zero-order valence-corrected chi connectivity index (χ0v) is 5.15. The number of hydrogen-bond donors (Lipinski definition) is 1. The van der Waals surface area contributed by atoms with E-state index in [1.165, 1.54) is 0 Å². The molecular weight excluding hydrogens is 105 g/mol. The summed E-state index contributed by atoms with van der Waals surface area (Å²) < 4.78 is 11.8. The molecule has 2 heteroatoms. The second-order valence-corrected chi connectivity index (χ2v) is 2.57. The molecule has 0 bridgehead atoms. The van der Waals surface area contributed by atoms with Gasteiger partial charge in [-0.1, -0.05) is 0 Å². The Hall–Kier alpha value is -0.110. The topological polar surface area (TPSA) is 12.0 Å². The third kappa shape index (κ3) is 1.19. The Morgan fingerprint density at radius 1 is 1.75 bits per heavy atom. The van der Waals surface area contributed by atoms with Crippen LogP contribution in [0, 0.1) is 5.92 Å². The molecule has 0 aromatic carbocycles. The highest BCUT2D eigenvalue weighted by atomic mass is 19.1. The van der Waals surface area contributed by atoms with Crippen LogP contribution in [0.5, 0.6) is 0 Å². The largest absolute Gasteiger partial charge is 0.314 e. The molecule has 0 aromatic rings. The van der Waals surface area contributed by atoms with Crippen molar-refractivity contribution in [2.75, 3.05) is 13.2 Å². The molecule has 0 aliphatic carbocycles. The highest BCUT2D eigenvalue weighted by molar-refractivity contribution is 4.77. The number of nitrogens with one attached hydrogen (secondary N) is 1. The first-order chi connectivity index (χ1) is 3.83. The van der Waals surface area contributed by atoms with Gasteiger partial charge in [-0.15, -0.1) is 0 Å². The van der Waals surface area contributed by atoms with Crippen molar-refractivity contribution < 1.29 is 4.39 Å². The van der Waals surface area contributed by atoms with Crippen LogP contribution in [-0.4, -0.2) is 19.3 Å². The van der Waals surface area contributed by atoms with Crippen LogP contribution in [-0.2, 0) is 0 Å². The van der Waals surface area contributed by atoms with Crippen LogP contribution in [0.3, 0.4) is 0 Å². The molecule has 48 valence electrons. The van der Waals surface area contributed by atoms with Crippen molar-refractivity contribution in [1.82, 2.24) is 5.32 Å². The molecule has 2 atom stereocenters. The smallest absolute Gasteiger partial charge is 0.0935 e. The van der Waals surface area contributed by atoms with Gasteiger partial charge in [-0.2, -0.15) is 0 Å². The number of halogens is 1. The first kappa shape index (κ1) is 6.02. The van der Waals surface area contributed by atoms with Gasteiger partial charge >= 0.3 is 0 Å². The fourth-order valence-corrected chi connectivity index (χ4v) is 1.15. The minimum Gasteiger partial charge on any atom is -0.314 e. The van der Waals surface area contributed by atoms with Gasteiger partial charge in [0.15, 0.2) is 0 Å². The maximum absolute atomic E-state index is 11.8. The Kier molecular flexibility index (Phi) is 1.84. The lowest BCUT2D eigenvalue weighted by molar-refractivity contribution is 0.379. The van der Waals surface area contributed by atoms with Crippen molar-refractivity contribution in [3.8, 4) is 0 Å². The van der Waals surface area contributed by atoms with Crippen LogP contribution in [0.15, 0.2) is 0 Å². The fraction of sp³-hybridized carbons (Fsp3) is 1.00. The van der Waals surface area contributed by atoms with E-state index in [0.29, 0.717) is 12.0 Å². The monoisotopic (exact) mass is 117 g/mol. The molecule has 1 N–H and O–H groups in total. The molecule has 1 rings (SSSR count). The van der Waals surface area contributed by atoms with Crippen molar-refractivity contribution in [1.29, 1.82) is 0 Å². The van der Waals surface area contributed by atoms with E-state index >= 15 is 0 Å². The van der Waals surface area contributed by atoms with Gasteiger partial charge in [-0.05, 0) is 13.3 Å². The quantitative estimate of drug-likeness (QED) is 0.539. The zero-order valence-electron chi connectivity index (χ0n) is 5.15. The molecule has 0 amide bonds. The van der Waals surface area contributed by atoms with Crippen molar-refractivity contribution in [2.24, 2.45) is 5.92 Å². The van der Waals surface area contributed by atoms with Gasteiger partial charge in [-0.3, -0.25) is 4.39 Å². The van der Waals surface area contributed by atoms with Gasteiger partial charge in [-0.25, -0.2) is 0 Å². The maximum Gasteiger partial charge on any atom is 0.0935 e. The zero-order chi connectivity index (χ0) is 5.98. The molecule has 1 saturated heterocycles. The first-order valence-corrected chi connectivity index (χ1v) is 3.12. The average molecular weight is 117 g/mol. The number of alkyl halides is 1. The van der Waals surface area contributed by atoms with Crippen LogP contribution in [0.4, 0.5) is 4.39 Å². The predicted molar refractivity (Wildman–Crippen MR) is 31.5 cm³/mol. The van der Waals surface area contributed by atoms with Gasteiger partial charge in [0.05, 0.1) is 6.67 Å². The lowest BCUT2D eigenvalue weighted by Gasteiger charge is -1.98. The van der Waals surface area contributed by atoms with E-state index in [-0.39, 0.29) is 6.67 Å².